The topological polar surface area (TPSA) is 125 Å². The molecular weight excluding hydrogens is 392 g/mol. The quantitative estimate of drug-likeness (QED) is 0.378. The third-order valence-corrected chi connectivity index (χ3v) is 5.36. The Morgan fingerprint density at radius 2 is 1.86 bits per heavy atom. The summed E-state index contributed by atoms with van der Waals surface area (Å²) in [5, 5.41) is 0.448. The minimum absolute atomic E-state index is 0.248. The van der Waals surface area contributed by atoms with E-state index in [0.29, 0.717) is 40.2 Å². The summed E-state index contributed by atoms with van der Waals surface area (Å²) < 4.78 is 31.7. The zero-order valence-electron chi connectivity index (χ0n) is 16.0. The number of aromatic nitrogens is 5. The van der Waals surface area contributed by atoms with Crippen molar-refractivity contribution in [2.24, 2.45) is 0 Å². The summed E-state index contributed by atoms with van der Waals surface area (Å²) >= 11 is 0. The van der Waals surface area contributed by atoms with Gasteiger partial charge in [-0.3, -0.25) is 4.40 Å². The van der Waals surface area contributed by atoms with Gasteiger partial charge in [-0.1, -0.05) is 13.3 Å². The molecular formula is C19H20N6O3S. The number of anilines is 1. The van der Waals surface area contributed by atoms with Gasteiger partial charge in [0.1, 0.15) is 5.75 Å². The molecule has 0 saturated heterocycles. The summed E-state index contributed by atoms with van der Waals surface area (Å²) in [5.41, 5.74) is 8.49. The van der Waals surface area contributed by atoms with Crippen molar-refractivity contribution in [3.8, 4) is 17.0 Å². The van der Waals surface area contributed by atoms with E-state index in [-0.39, 0.29) is 11.1 Å². The van der Waals surface area contributed by atoms with Gasteiger partial charge in [-0.2, -0.15) is 0 Å². The van der Waals surface area contributed by atoms with E-state index in [9.17, 15) is 8.42 Å². The van der Waals surface area contributed by atoms with Gasteiger partial charge in [-0.25, -0.2) is 28.4 Å². The van der Waals surface area contributed by atoms with Gasteiger partial charge in [0.2, 0.25) is 20.9 Å². The van der Waals surface area contributed by atoms with Crippen LogP contribution >= 0.6 is 0 Å². The normalized spacial score (nSPS) is 11.9. The molecule has 4 aromatic heterocycles. The highest BCUT2D eigenvalue weighted by molar-refractivity contribution is 7.90. The molecule has 0 aromatic carbocycles. The van der Waals surface area contributed by atoms with Crippen molar-refractivity contribution < 1.29 is 13.2 Å². The highest BCUT2D eigenvalue weighted by Crippen LogP contribution is 2.39. The summed E-state index contributed by atoms with van der Waals surface area (Å²) in [6, 6.07) is 5.22. The number of nitrogens with zero attached hydrogens (tertiary/aromatic N) is 5. The van der Waals surface area contributed by atoms with Crippen molar-refractivity contribution in [1.82, 2.24) is 24.3 Å². The van der Waals surface area contributed by atoms with E-state index in [1.54, 1.807) is 35.0 Å². The molecule has 150 valence electrons. The molecule has 9 nitrogen and oxygen atoms in total. The fourth-order valence-electron chi connectivity index (χ4n) is 3.19. The molecule has 0 amide bonds. The van der Waals surface area contributed by atoms with E-state index in [4.69, 9.17) is 10.5 Å². The Balaban J connectivity index is 2.07. The molecule has 4 rings (SSSR count). The first kappa shape index (κ1) is 19.1. The van der Waals surface area contributed by atoms with Crippen molar-refractivity contribution in [2.75, 3.05) is 18.6 Å². The second-order valence-electron chi connectivity index (χ2n) is 6.61. The molecule has 0 aliphatic rings. The molecule has 0 bridgehead atoms. The summed E-state index contributed by atoms with van der Waals surface area (Å²) in [5.74, 6) is 0.885. The van der Waals surface area contributed by atoms with E-state index in [1.165, 1.54) is 6.20 Å². The van der Waals surface area contributed by atoms with E-state index < -0.39 is 9.84 Å². The molecule has 0 aliphatic heterocycles. The number of ether oxygens (including phenoxy) is 1. The Morgan fingerprint density at radius 3 is 2.62 bits per heavy atom. The first-order valence-corrected chi connectivity index (χ1v) is 11.0. The SMILES string of the molecule is CCCCOc1ccnc2c1c(-c1ccnc(S(C)(=O)=O)n1)c1ccnc(N)n12. The first-order chi connectivity index (χ1) is 13.9. The van der Waals surface area contributed by atoms with E-state index in [1.807, 2.05) is 0 Å². The number of hydrogen-bond acceptors (Lipinski definition) is 8. The number of fused-ring (bicyclic) bond motifs is 3. The predicted molar refractivity (Wildman–Crippen MR) is 109 cm³/mol. The van der Waals surface area contributed by atoms with Crippen LogP contribution in [-0.2, 0) is 9.84 Å². The molecule has 0 fully saturated rings. The minimum atomic E-state index is -3.57. The first-order valence-electron chi connectivity index (χ1n) is 9.11. The maximum absolute atomic E-state index is 12.0. The zero-order chi connectivity index (χ0) is 20.6. The van der Waals surface area contributed by atoms with Crippen molar-refractivity contribution in [2.45, 2.75) is 24.9 Å². The summed E-state index contributed by atoms with van der Waals surface area (Å²) in [6.07, 6.45) is 7.64. The Kier molecular flexibility index (Phi) is 4.79. The van der Waals surface area contributed by atoms with Crippen LogP contribution < -0.4 is 10.5 Å². The average Bonchev–Trinajstić information content (AvgIpc) is 3.04. The summed E-state index contributed by atoms with van der Waals surface area (Å²) in [7, 11) is -3.57. The van der Waals surface area contributed by atoms with Crippen molar-refractivity contribution in [3.05, 3.63) is 36.8 Å². The lowest BCUT2D eigenvalue weighted by Crippen LogP contribution is -2.04. The zero-order valence-corrected chi connectivity index (χ0v) is 16.8. The molecule has 0 atom stereocenters. The van der Waals surface area contributed by atoms with E-state index >= 15 is 0 Å². The largest absolute Gasteiger partial charge is 0.493 e. The highest BCUT2D eigenvalue weighted by atomic mass is 32.2. The number of rotatable bonds is 6. The van der Waals surface area contributed by atoms with Gasteiger partial charge in [0, 0.05) is 30.4 Å². The summed E-state index contributed by atoms with van der Waals surface area (Å²) in [6.45, 7) is 2.64. The second kappa shape index (κ2) is 7.28. The van der Waals surface area contributed by atoms with Crippen LogP contribution in [0, 0.1) is 0 Å². The van der Waals surface area contributed by atoms with Gasteiger partial charge in [0.15, 0.2) is 5.65 Å². The third-order valence-electron chi connectivity index (χ3n) is 4.50. The smallest absolute Gasteiger partial charge is 0.247 e. The van der Waals surface area contributed by atoms with Crippen LogP contribution in [0.15, 0.2) is 41.9 Å². The van der Waals surface area contributed by atoms with E-state index in [2.05, 4.69) is 26.9 Å². The molecule has 10 heteroatoms. The van der Waals surface area contributed by atoms with Crippen molar-refractivity contribution in [3.63, 3.8) is 0 Å². The number of unbranched alkanes of at least 4 members (excludes halogenated alkanes) is 1. The molecule has 29 heavy (non-hydrogen) atoms. The number of pyridine rings is 1. The molecule has 0 radical (unpaired) electrons. The van der Waals surface area contributed by atoms with Crippen LogP contribution in [0.4, 0.5) is 5.95 Å². The standard InChI is InChI=1S/C19H20N6O3S/c1-3-4-11-28-14-7-10-21-17-16(14)15(13-6-9-22-18(20)25(13)17)12-5-8-23-19(24-12)29(2,26)27/h5-10H,3-4,11H2,1-2H3,(H2,20,22). The van der Waals surface area contributed by atoms with Crippen molar-refractivity contribution in [1.29, 1.82) is 0 Å². The highest BCUT2D eigenvalue weighted by Gasteiger charge is 2.22. The van der Waals surface area contributed by atoms with Crippen LogP contribution in [0.3, 0.4) is 0 Å². The maximum Gasteiger partial charge on any atom is 0.247 e. The van der Waals surface area contributed by atoms with Gasteiger partial charge in [0.25, 0.3) is 0 Å². The second-order valence-corrected chi connectivity index (χ2v) is 8.51. The number of sulfone groups is 1. The lowest BCUT2D eigenvalue weighted by molar-refractivity contribution is 0.313. The number of nitrogen functional groups attached to an aromatic ring is 1. The van der Waals surface area contributed by atoms with Crippen LogP contribution in [0.2, 0.25) is 0 Å². The van der Waals surface area contributed by atoms with Crippen LogP contribution in [0.25, 0.3) is 27.8 Å². The van der Waals surface area contributed by atoms with Crippen LogP contribution in [0.1, 0.15) is 19.8 Å². The number of nitrogens with two attached hydrogens (primary N) is 1. The molecule has 0 aliphatic carbocycles. The van der Waals surface area contributed by atoms with Gasteiger partial charge in [-0.15, -0.1) is 0 Å². The Morgan fingerprint density at radius 1 is 1.10 bits per heavy atom. The molecule has 0 unspecified atom stereocenters. The molecule has 0 spiro atoms. The molecule has 4 heterocycles. The predicted octanol–water partition coefficient (Wildman–Crippen LogP) is 2.50. The Labute approximate surface area is 167 Å². The lowest BCUT2D eigenvalue weighted by atomic mass is 10.1. The van der Waals surface area contributed by atoms with Gasteiger partial charge in [-0.05, 0) is 24.6 Å². The van der Waals surface area contributed by atoms with Gasteiger partial charge in [0.05, 0.1) is 23.2 Å². The molecule has 2 N–H and O–H groups in total. The van der Waals surface area contributed by atoms with E-state index in [0.717, 1.165) is 19.1 Å². The van der Waals surface area contributed by atoms with Crippen LogP contribution in [-0.4, -0.2) is 45.6 Å². The summed E-state index contributed by atoms with van der Waals surface area (Å²) in [4.78, 5) is 16.8. The van der Waals surface area contributed by atoms with Gasteiger partial charge >= 0.3 is 0 Å². The fraction of sp³-hybridized carbons (Fsp3) is 0.263. The minimum Gasteiger partial charge on any atom is -0.493 e. The Hall–Kier alpha value is -3.27. The fourth-order valence-corrected chi connectivity index (χ4v) is 3.71. The monoisotopic (exact) mass is 412 g/mol. The van der Waals surface area contributed by atoms with Gasteiger partial charge < -0.3 is 10.5 Å². The number of hydrogen-bond donors (Lipinski definition) is 1. The third kappa shape index (κ3) is 3.35. The maximum atomic E-state index is 12.0. The molecule has 0 saturated carbocycles. The molecule has 4 aromatic rings. The van der Waals surface area contributed by atoms with Crippen LogP contribution in [0.5, 0.6) is 5.75 Å². The lowest BCUT2D eigenvalue weighted by Gasteiger charge is -2.08. The van der Waals surface area contributed by atoms with Crippen molar-refractivity contribution >= 4 is 32.3 Å². The average molecular weight is 412 g/mol. The Bertz CT molecular complexity index is 1320.